The van der Waals surface area contributed by atoms with Crippen LogP contribution in [0.3, 0.4) is 0 Å². The van der Waals surface area contributed by atoms with Gasteiger partial charge in [-0.1, -0.05) is 48.5 Å². The van der Waals surface area contributed by atoms with Crippen molar-refractivity contribution in [3.05, 3.63) is 77.2 Å². The van der Waals surface area contributed by atoms with Gasteiger partial charge in [0.25, 0.3) is 5.56 Å². The Bertz CT molecular complexity index is 809. The number of rotatable bonds is 2. The zero-order chi connectivity index (χ0) is 14.8. The van der Waals surface area contributed by atoms with Crippen LogP contribution in [-0.2, 0) is 7.05 Å². The summed E-state index contributed by atoms with van der Waals surface area (Å²) in [6, 6.07) is 19.6. The molecule has 2 aromatic carbocycles. The van der Waals surface area contributed by atoms with Gasteiger partial charge in [-0.05, 0) is 28.8 Å². The highest BCUT2D eigenvalue weighted by Gasteiger charge is 2.06. The highest BCUT2D eigenvalue weighted by atomic mass is 16.3. The second kappa shape index (κ2) is 5.29. The van der Waals surface area contributed by atoms with E-state index in [0.29, 0.717) is 0 Å². The van der Waals surface area contributed by atoms with Crippen LogP contribution >= 0.6 is 0 Å². The summed E-state index contributed by atoms with van der Waals surface area (Å²) in [5, 5.41) is 9.70. The Hall–Kier alpha value is -2.81. The first-order chi connectivity index (χ1) is 10.1. The first-order valence-corrected chi connectivity index (χ1v) is 6.70. The Morgan fingerprint density at radius 2 is 1.43 bits per heavy atom. The second-order valence-corrected chi connectivity index (χ2v) is 4.98. The number of hydrogen-bond acceptors (Lipinski definition) is 2. The minimum atomic E-state index is -0.391. The van der Waals surface area contributed by atoms with Crippen LogP contribution in [0.1, 0.15) is 0 Å². The SMILES string of the molecule is Cn1cc(-c2cccc(-c3ccccc3)c2)cc(O)c1=O. The molecule has 0 amide bonds. The molecule has 1 aromatic heterocycles. The summed E-state index contributed by atoms with van der Waals surface area (Å²) in [4.78, 5) is 11.6. The molecule has 104 valence electrons. The minimum absolute atomic E-state index is 0.236. The summed E-state index contributed by atoms with van der Waals surface area (Å²) in [6.45, 7) is 0. The molecule has 0 atom stereocenters. The molecule has 0 aliphatic rings. The van der Waals surface area contributed by atoms with Crippen molar-refractivity contribution in [3.8, 4) is 28.0 Å². The first-order valence-electron chi connectivity index (χ1n) is 6.70. The van der Waals surface area contributed by atoms with Crippen LogP contribution in [-0.4, -0.2) is 9.67 Å². The van der Waals surface area contributed by atoms with Crippen molar-refractivity contribution in [2.24, 2.45) is 7.05 Å². The zero-order valence-corrected chi connectivity index (χ0v) is 11.7. The van der Waals surface area contributed by atoms with Gasteiger partial charge in [0, 0.05) is 18.8 Å². The number of nitrogens with zero attached hydrogens (tertiary/aromatic N) is 1. The molecule has 0 saturated carbocycles. The molecule has 3 aromatic rings. The lowest BCUT2D eigenvalue weighted by atomic mass is 10.00. The molecule has 0 unspecified atom stereocenters. The number of pyridine rings is 1. The van der Waals surface area contributed by atoms with Crippen molar-refractivity contribution in [2.75, 3.05) is 0 Å². The molecule has 1 N–H and O–H groups in total. The van der Waals surface area contributed by atoms with Crippen molar-refractivity contribution < 1.29 is 5.11 Å². The summed E-state index contributed by atoms with van der Waals surface area (Å²) >= 11 is 0. The van der Waals surface area contributed by atoms with Gasteiger partial charge in [0.05, 0.1) is 0 Å². The molecule has 3 rings (SSSR count). The normalized spacial score (nSPS) is 10.5. The molecule has 0 spiro atoms. The van der Waals surface area contributed by atoms with Crippen LogP contribution in [0.25, 0.3) is 22.3 Å². The van der Waals surface area contributed by atoms with E-state index in [9.17, 15) is 9.90 Å². The maximum atomic E-state index is 11.6. The fourth-order valence-electron chi connectivity index (χ4n) is 2.36. The van der Waals surface area contributed by atoms with Gasteiger partial charge < -0.3 is 9.67 Å². The average Bonchev–Trinajstić information content (AvgIpc) is 2.53. The largest absolute Gasteiger partial charge is 0.503 e. The highest BCUT2D eigenvalue weighted by molar-refractivity contribution is 5.73. The maximum Gasteiger partial charge on any atom is 0.292 e. The van der Waals surface area contributed by atoms with Crippen LogP contribution in [0, 0.1) is 0 Å². The average molecular weight is 277 g/mol. The number of aromatic nitrogens is 1. The van der Waals surface area contributed by atoms with Gasteiger partial charge in [-0.15, -0.1) is 0 Å². The lowest BCUT2D eigenvalue weighted by Crippen LogP contribution is -2.15. The molecule has 0 fully saturated rings. The van der Waals surface area contributed by atoms with Crippen molar-refractivity contribution in [2.45, 2.75) is 0 Å². The Morgan fingerprint density at radius 1 is 0.810 bits per heavy atom. The number of aryl methyl sites for hydroxylation is 1. The number of hydrogen-bond donors (Lipinski definition) is 1. The molecule has 0 radical (unpaired) electrons. The fraction of sp³-hybridized carbons (Fsp3) is 0.0556. The molecule has 3 heteroatoms. The third kappa shape index (κ3) is 2.58. The van der Waals surface area contributed by atoms with Gasteiger partial charge in [0.1, 0.15) is 0 Å². The lowest BCUT2D eigenvalue weighted by Gasteiger charge is -2.08. The molecule has 1 heterocycles. The Morgan fingerprint density at radius 3 is 2.10 bits per heavy atom. The van der Waals surface area contributed by atoms with Crippen LogP contribution in [0.2, 0.25) is 0 Å². The Labute approximate surface area is 122 Å². The number of aromatic hydroxyl groups is 1. The van der Waals surface area contributed by atoms with Crippen LogP contribution in [0.4, 0.5) is 0 Å². The van der Waals surface area contributed by atoms with E-state index in [2.05, 4.69) is 18.2 Å². The van der Waals surface area contributed by atoms with E-state index in [1.165, 1.54) is 10.6 Å². The van der Waals surface area contributed by atoms with E-state index in [0.717, 1.165) is 22.3 Å². The third-order valence-corrected chi connectivity index (χ3v) is 3.47. The molecular weight excluding hydrogens is 262 g/mol. The van der Waals surface area contributed by atoms with E-state index < -0.39 is 5.56 Å². The summed E-state index contributed by atoms with van der Waals surface area (Å²) in [5.74, 6) is -0.236. The van der Waals surface area contributed by atoms with E-state index in [1.807, 2.05) is 36.4 Å². The molecule has 0 aliphatic heterocycles. The smallest absolute Gasteiger partial charge is 0.292 e. The third-order valence-electron chi connectivity index (χ3n) is 3.47. The summed E-state index contributed by atoms with van der Waals surface area (Å²) in [7, 11) is 1.63. The van der Waals surface area contributed by atoms with Crippen molar-refractivity contribution in [3.63, 3.8) is 0 Å². The van der Waals surface area contributed by atoms with Crippen molar-refractivity contribution in [1.82, 2.24) is 4.57 Å². The highest BCUT2D eigenvalue weighted by Crippen LogP contribution is 2.26. The summed E-state index contributed by atoms with van der Waals surface area (Å²) in [5.41, 5.74) is 3.61. The zero-order valence-electron chi connectivity index (χ0n) is 11.7. The summed E-state index contributed by atoms with van der Waals surface area (Å²) < 4.78 is 1.39. The molecular formula is C18H15NO2. The molecule has 3 nitrogen and oxygen atoms in total. The van der Waals surface area contributed by atoms with Gasteiger partial charge >= 0.3 is 0 Å². The predicted octanol–water partition coefficient (Wildman–Crippen LogP) is 3.42. The molecule has 0 aliphatic carbocycles. The van der Waals surface area contributed by atoms with Gasteiger partial charge in [-0.3, -0.25) is 4.79 Å². The van der Waals surface area contributed by atoms with Gasteiger partial charge in [-0.25, -0.2) is 0 Å². The standard InChI is InChI=1S/C18H15NO2/c1-19-12-16(11-17(20)18(19)21)15-9-5-8-14(10-15)13-6-3-2-4-7-13/h2-12,20H,1H3. The quantitative estimate of drug-likeness (QED) is 0.779. The van der Waals surface area contributed by atoms with Crippen LogP contribution in [0.15, 0.2) is 71.7 Å². The van der Waals surface area contributed by atoms with E-state index in [1.54, 1.807) is 13.2 Å². The topological polar surface area (TPSA) is 42.2 Å². The van der Waals surface area contributed by atoms with Crippen molar-refractivity contribution >= 4 is 0 Å². The van der Waals surface area contributed by atoms with Crippen molar-refractivity contribution in [1.29, 1.82) is 0 Å². The van der Waals surface area contributed by atoms with Gasteiger partial charge in [0.2, 0.25) is 0 Å². The van der Waals surface area contributed by atoms with Crippen LogP contribution in [0.5, 0.6) is 5.75 Å². The number of benzene rings is 2. The molecule has 0 bridgehead atoms. The van der Waals surface area contributed by atoms with Crippen LogP contribution < -0.4 is 5.56 Å². The van der Waals surface area contributed by atoms with E-state index in [4.69, 9.17) is 0 Å². The van der Waals surface area contributed by atoms with E-state index >= 15 is 0 Å². The lowest BCUT2D eigenvalue weighted by molar-refractivity contribution is 0.461. The monoisotopic (exact) mass is 277 g/mol. The van der Waals surface area contributed by atoms with Gasteiger partial charge in [-0.2, -0.15) is 0 Å². The Balaban J connectivity index is 2.11. The Kier molecular flexibility index (Phi) is 3.32. The predicted molar refractivity (Wildman–Crippen MR) is 84.2 cm³/mol. The second-order valence-electron chi connectivity index (χ2n) is 4.98. The van der Waals surface area contributed by atoms with E-state index in [-0.39, 0.29) is 5.75 Å². The summed E-state index contributed by atoms with van der Waals surface area (Å²) in [6.07, 6.45) is 1.73. The molecule has 0 saturated heterocycles. The molecule has 21 heavy (non-hydrogen) atoms. The maximum absolute atomic E-state index is 11.6. The minimum Gasteiger partial charge on any atom is -0.503 e. The van der Waals surface area contributed by atoms with Gasteiger partial charge in [0.15, 0.2) is 5.75 Å². The fourth-order valence-corrected chi connectivity index (χ4v) is 2.36. The first kappa shape index (κ1) is 13.2.